The first-order chi connectivity index (χ1) is 11.5. The van der Waals surface area contributed by atoms with Crippen LogP contribution in [-0.4, -0.2) is 69.0 Å². The molecule has 0 rings (SSSR count). The highest BCUT2D eigenvalue weighted by Crippen LogP contribution is 1.97. The van der Waals surface area contributed by atoms with Gasteiger partial charge in [-0.25, -0.2) is 9.59 Å². The molecule has 0 aromatic carbocycles. The largest absolute Gasteiger partial charge is 0.478 e. The van der Waals surface area contributed by atoms with Crippen molar-refractivity contribution in [3.05, 3.63) is 12.2 Å². The Kier molecular flexibility index (Phi) is 30.1. The fraction of sp³-hybridized carbons (Fsp3) is 0.750. The average Bonchev–Trinajstić information content (AvgIpc) is 2.55. The van der Waals surface area contributed by atoms with Gasteiger partial charge in [0.25, 0.3) is 0 Å². The summed E-state index contributed by atoms with van der Waals surface area (Å²) in [7, 11) is 0. The van der Waals surface area contributed by atoms with Gasteiger partial charge in [-0.05, 0) is 25.7 Å². The number of aliphatic hydroxyl groups is 4. The molecule has 0 aromatic heterocycles. The van der Waals surface area contributed by atoms with Crippen LogP contribution >= 0.6 is 0 Å². The number of carbonyl (C=O) groups is 2. The SMILES string of the molecule is O=C(O)/C=C\C(=O)O.OCCCCCCO.OCCCCCCO. The molecule has 0 spiro atoms. The summed E-state index contributed by atoms with van der Waals surface area (Å²) in [6.45, 7) is 1.13. The maximum Gasteiger partial charge on any atom is 0.328 e. The molecular weight excluding hydrogens is 320 g/mol. The van der Waals surface area contributed by atoms with Crippen LogP contribution in [0.1, 0.15) is 51.4 Å². The summed E-state index contributed by atoms with van der Waals surface area (Å²) < 4.78 is 0. The van der Waals surface area contributed by atoms with E-state index in [0.717, 1.165) is 51.4 Å². The van der Waals surface area contributed by atoms with Gasteiger partial charge in [0.1, 0.15) is 0 Å². The van der Waals surface area contributed by atoms with E-state index >= 15 is 0 Å². The van der Waals surface area contributed by atoms with Crippen LogP contribution in [0, 0.1) is 0 Å². The Morgan fingerprint density at radius 1 is 0.500 bits per heavy atom. The zero-order valence-electron chi connectivity index (χ0n) is 14.1. The van der Waals surface area contributed by atoms with Gasteiger partial charge in [-0.1, -0.05) is 25.7 Å². The van der Waals surface area contributed by atoms with Crippen molar-refractivity contribution in [2.24, 2.45) is 0 Å². The topological polar surface area (TPSA) is 156 Å². The molecule has 0 amide bonds. The first-order valence-electron chi connectivity index (χ1n) is 8.03. The summed E-state index contributed by atoms with van der Waals surface area (Å²) in [5.41, 5.74) is 0. The molecule has 0 aliphatic rings. The molecule has 0 aromatic rings. The molecule has 0 aliphatic carbocycles. The van der Waals surface area contributed by atoms with Crippen molar-refractivity contribution in [3.8, 4) is 0 Å². The molecule has 0 unspecified atom stereocenters. The Morgan fingerprint density at radius 2 is 0.708 bits per heavy atom. The van der Waals surface area contributed by atoms with Crippen LogP contribution in [0.2, 0.25) is 0 Å². The third kappa shape index (κ3) is 42.8. The van der Waals surface area contributed by atoms with Gasteiger partial charge in [-0.3, -0.25) is 0 Å². The Hall–Kier alpha value is -1.48. The van der Waals surface area contributed by atoms with E-state index in [1.165, 1.54) is 0 Å². The molecular formula is C16H32O8. The van der Waals surface area contributed by atoms with Crippen LogP contribution in [0.3, 0.4) is 0 Å². The van der Waals surface area contributed by atoms with E-state index in [1.54, 1.807) is 0 Å². The third-order valence-corrected chi connectivity index (χ3v) is 2.50. The van der Waals surface area contributed by atoms with Gasteiger partial charge in [0.15, 0.2) is 0 Å². The molecule has 8 nitrogen and oxygen atoms in total. The van der Waals surface area contributed by atoms with Gasteiger partial charge < -0.3 is 30.6 Å². The summed E-state index contributed by atoms with van der Waals surface area (Å²) >= 11 is 0. The van der Waals surface area contributed by atoms with Crippen LogP contribution < -0.4 is 0 Å². The summed E-state index contributed by atoms with van der Waals surface area (Å²) in [4.78, 5) is 19.1. The molecule has 24 heavy (non-hydrogen) atoms. The van der Waals surface area contributed by atoms with Crippen LogP contribution in [0.25, 0.3) is 0 Å². The predicted molar refractivity (Wildman–Crippen MR) is 89.7 cm³/mol. The van der Waals surface area contributed by atoms with E-state index in [0.29, 0.717) is 12.2 Å². The molecule has 0 aliphatic heterocycles. The first kappa shape index (κ1) is 27.4. The minimum absolute atomic E-state index is 0.283. The van der Waals surface area contributed by atoms with Crippen LogP contribution in [0.15, 0.2) is 12.2 Å². The number of unbranched alkanes of at least 4 members (excludes halogenated alkanes) is 6. The monoisotopic (exact) mass is 352 g/mol. The smallest absolute Gasteiger partial charge is 0.328 e. The summed E-state index contributed by atoms with van der Waals surface area (Å²) in [6, 6.07) is 0. The third-order valence-electron chi connectivity index (χ3n) is 2.50. The normalized spacial score (nSPS) is 9.67. The molecule has 0 atom stereocenters. The molecule has 6 N–H and O–H groups in total. The number of hydrogen-bond acceptors (Lipinski definition) is 6. The van der Waals surface area contributed by atoms with Gasteiger partial charge in [0.2, 0.25) is 0 Å². The quantitative estimate of drug-likeness (QED) is 0.222. The van der Waals surface area contributed by atoms with E-state index in [-0.39, 0.29) is 26.4 Å². The maximum absolute atomic E-state index is 9.55. The van der Waals surface area contributed by atoms with Gasteiger partial charge in [-0.15, -0.1) is 0 Å². The lowest BCUT2D eigenvalue weighted by Crippen LogP contribution is -1.91. The Bertz CT molecular complexity index is 252. The van der Waals surface area contributed by atoms with Crippen LogP contribution in [0.4, 0.5) is 0 Å². The molecule has 0 saturated carbocycles. The lowest BCUT2D eigenvalue weighted by Gasteiger charge is -1.93. The molecule has 0 saturated heterocycles. The standard InChI is InChI=1S/2C6H14O2.C4H4O4/c2*7-5-3-1-2-4-6-8;5-3(6)1-2-4(7)8/h2*7-8H,1-6H2;1-2H,(H,5,6)(H,7,8)/b;;2-1-. The summed E-state index contributed by atoms with van der Waals surface area (Å²) in [5, 5.41) is 48.8. The van der Waals surface area contributed by atoms with Gasteiger partial charge >= 0.3 is 11.9 Å². The summed E-state index contributed by atoms with van der Waals surface area (Å²) in [5.74, 6) is -2.51. The van der Waals surface area contributed by atoms with Gasteiger partial charge in [0.05, 0.1) is 0 Å². The fourth-order valence-corrected chi connectivity index (χ4v) is 1.30. The minimum atomic E-state index is -1.26. The first-order valence-corrected chi connectivity index (χ1v) is 8.03. The molecule has 144 valence electrons. The number of aliphatic carboxylic acids is 2. The van der Waals surface area contributed by atoms with E-state index in [9.17, 15) is 9.59 Å². The van der Waals surface area contributed by atoms with Crippen molar-refractivity contribution < 1.29 is 40.2 Å². The van der Waals surface area contributed by atoms with Gasteiger partial charge in [0, 0.05) is 38.6 Å². The van der Waals surface area contributed by atoms with Crippen molar-refractivity contribution in [2.75, 3.05) is 26.4 Å². The van der Waals surface area contributed by atoms with E-state index in [4.69, 9.17) is 30.6 Å². The maximum atomic E-state index is 9.55. The summed E-state index contributed by atoms with van der Waals surface area (Å²) in [6.07, 6.45) is 8.77. The van der Waals surface area contributed by atoms with E-state index in [2.05, 4.69) is 0 Å². The Morgan fingerprint density at radius 3 is 0.833 bits per heavy atom. The molecule has 0 bridgehead atoms. The molecule has 0 heterocycles. The number of rotatable bonds is 12. The van der Waals surface area contributed by atoms with Gasteiger partial charge in [-0.2, -0.15) is 0 Å². The van der Waals surface area contributed by atoms with E-state index in [1.807, 2.05) is 0 Å². The highest BCUT2D eigenvalue weighted by atomic mass is 16.4. The zero-order chi connectivity index (χ0) is 19.1. The minimum Gasteiger partial charge on any atom is -0.478 e. The second-order valence-corrected chi connectivity index (χ2v) is 4.73. The highest BCUT2D eigenvalue weighted by molar-refractivity contribution is 5.89. The number of hydrogen-bond donors (Lipinski definition) is 6. The average molecular weight is 352 g/mol. The number of aliphatic hydroxyl groups excluding tert-OH is 4. The van der Waals surface area contributed by atoms with Crippen molar-refractivity contribution in [3.63, 3.8) is 0 Å². The zero-order valence-corrected chi connectivity index (χ0v) is 14.1. The Labute approximate surface area is 143 Å². The fourth-order valence-electron chi connectivity index (χ4n) is 1.30. The lowest BCUT2D eigenvalue weighted by molar-refractivity contribution is -0.134. The van der Waals surface area contributed by atoms with Crippen molar-refractivity contribution >= 4 is 11.9 Å². The molecule has 0 fully saturated rings. The predicted octanol–water partition coefficient (Wildman–Crippen LogP) is 0.775. The van der Waals surface area contributed by atoms with Crippen LogP contribution in [0.5, 0.6) is 0 Å². The van der Waals surface area contributed by atoms with E-state index < -0.39 is 11.9 Å². The molecule has 8 heteroatoms. The number of carboxylic acids is 2. The molecule has 0 radical (unpaired) electrons. The Balaban J connectivity index is -0.000000276. The van der Waals surface area contributed by atoms with Crippen molar-refractivity contribution in [1.29, 1.82) is 0 Å². The number of carboxylic acid groups (broad SMARTS) is 2. The van der Waals surface area contributed by atoms with Crippen molar-refractivity contribution in [2.45, 2.75) is 51.4 Å². The second-order valence-electron chi connectivity index (χ2n) is 4.73. The van der Waals surface area contributed by atoms with Crippen molar-refractivity contribution in [1.82, 2.24) is 0 Å². The lowest BCUT2D eigenvalue weighted by atomic mass is 10.2. The highest BCUT2D eigenvalue weighted by Gasteiger charge is 1.88. The van der Waals surface area contributed by atoms with Crippen LogP contribution in [-0.2, 0) is 9.59 Å². The second kappa shape index (κ2) is 26.4.